The number of hydrogen-bond acceptors (Lipinski definition) is 2. The molecule has 0 bridgehead atoms. The summed E-state index contributed by atoms with van der Waals surface area (Å²) < 4.78 is 34.3. The van der Waals surface area contributed by atoms with E-state index in [2.05, 4.69) is 4.85 Å². The third-order valence-electron chi connectivity index (χ3n) is 1.31. The zero-order valence-electron chi connectivity index (χ0n) is 6.16. The molecule has 13 heavy (non-hydrogen) atoms. The Labute approximate surface area is 79.0 Å². The van der Waals surface area contributed by atoms with Crippen molar-refractivity contribution in [3.8, 4) is 0 Å². The molecule has 0 aliphatic rings. The van der Waals surface area contributed by atoms with Crippen molar-refractivity contribution in [1.29, 1.82) is 0 Å². The molecule has 3 nitrogen and oxygen atoms in total. The van der Waals surface area contributed by atoms with Gasteiger partial charge in [0, 0.05) is 10.7 Å². The molecule has 6 heteroatoms. The molecule has 1 aromatic carbocycles. The van der Waals surface area contributed by atoms with E-state index in [4.69, 9.17) is 17.3 Å². The molecule has 0 aliphatic carbocycles. The van der Waals surface area contributed by atoms with E-state index in [0.29, 0.717) is 0 Å². The van der Waals surface area contributed by atoms with Crippen LogP contribution in [0.2, 0.25) is 0 Å². The maximum Gasteiger partial charge on any atom is 0.264 e. The standard InChI is InChI=1S/C7H3ClFNO2S/c1-10-5-2-3-7(6(9)4-5)13(8,11)12/h2-4H. The number of nitrogens with zero attached hydrogens (tertiary/aromatic N) is 1. The first kappa shape index (κ1) is 9.96. The summed E-state index contributed by atoms with van der Waals surface area (Å²) in [6.07, 6.45) is 0. The predicted molar refractivity (Wildman–Crippen MR) is 45.7 cm³/mol. The second-order valence-corrected chi connectivity index (χ2v) is 4.70. The van der Waals surface area contributed by atoms with Gasteiger partial charge in [0.25, 0.3) is 9.05 Å². The summed E-state index contributed by atoms with van der Waals surface area (Å²) in [5, 5.41) is 0. The quantitative estimate of drug-likeness (QED) is 0.537. The van der Waals surface area contributed by atoms with Gasteiger partial charge >= 0.3 is 0 Å². The van der Waals surface area contributed by atoms with Crippen LogP contribution >= 0.6 is 10.7 Å². The third kappa shape index (κ3) is 2.17. The van der Waals surface area contributed by atoms with Crippen LogP contribution in [0.1, 0.15) is 0 Å². The topological polar surface area (TPSA) is 38.5 Å². The zero-order chi connectivity index (χ0) is 10.1. The minimum atomic E-state index is -4.06. The van der Waals surface area contributed by atoms with Gasteiger partial charge in [-0.05, 0) is 12.1 Å². The van der Waals surface area contributed by atoms with Crippen molar-refractivity contribution < 1.29 is 12.8 Å². The summed E-state index contributed by atoms with van der Waals surface area (Å²) in [5.41, 5.74) is 0.0292. The highest BCUT2D eigenvalue weighted by molar-refractivity contribution is 8.13. The van der Waals surface area contributed by atoms with Crippen LogP contribution < -0.4 is 0 Å². The second kappa shape index (κ2) is 3.32. The van der Waals surface area contributed by atoms with Crippen molar-refractivity contribution >= 4 is 25.4 Å². The van der Waals surface area contributed by atoms with Crippen LogP contribution in [-0.4, -0.2) is 8.42 Å². The highest BCUT2D eigenvalue weighted by atomic mass is 35.7. The molecule has 0 aromatic heterocycles. The van der Waals surface area contributed by atoms with Gasteiger partial charge in [0.1, 0.15) is 10.7 Å². The first-order valence-electron chi connectivity index (χ1n) is 3.07. The SMILES string of the molecule is [C-]#[N+]c1ccc(S(=O)(=O)Cl)c(F)c1. The van der Waals surface area contributed by atoms with E-state index < -0.39 is 19.8 Å². The Morgan fingerprint density at radius 1 is 1.46 bits per heavy atom. The van der Waals surface area contributed by atoms with Crippen LogP contribution in [0.25, 0.3) is 4.85 Å². The summed E-state index contributed by atoms with van der Waals surface area (Å²) in [6, 6.07) is 2.97. The lowest BCUT2D eigenvalue weighted by atomic mass is 10.3. The minimum absolute atomic E-state index is 0.0292. The van der Waals surface area contributed by atoms with Gasteiger partial charge in [0.15, 0.2) is 5.69 Å². The van der Waals surface area contributed by atoms with Crippen LogP contribution in [0.3, 0.4) is 0 Å². The molecule has 0 spiro atoms. The van der Waals surface area contributed by atoms with Crippen molar-refractivity contribution in [2.75, 3.05) is 0 Å². The fourth-order valence-electron chi connectivity index (χ4n) is 0.757. The third-order valence-corrected chi connectivity index (χ3v) is 2.66. The molecule has 0 saturated heterocycles. The summed E-state index contributed by atoms with van der Waals surface area (Å²) >= 11 is 0. The van der Waals surface area contributed by atoms with Gasteiger partial charge in [-0.3, -0.25) is 0 Å². The number of halogens is 2. The number of rotatable bonds is 1. The summed E-state index contributed by atoms with van der Waals surface area (Å²) in [4.78, 5) is 2.32. The molecule has 0 atom stereocenters. The largest absolute Gasteiger partial charge is 0.264 e. The maximum absolute atomic E-state index is 12.9. The smallest absolute Gasteiger partial charge is 0.238 e. The highest BCUT2D eigenvalue weighted by Crippen LogP contribution is 2.23. The van der Waals surface area contributed by atoms with Crippen molar-refractivity contribution in [2.45, 2.75) is 4.90 Å². The van der Waals surface area contributed by atoms with E-state index in [1.807, 2.05) is 0 Å². The van der Waals surface area contributed by atoms with Gasteiger partial charge in [0.05, 0.1) is 6.57 Å². The van der Waals surface area contributed by atoms with E-state index >= 15 is 0 Å². The van der Waals surface area contributed by atoms with Crippen LogP contribution in [0.4, 0.5) is 10.1 Å². The lowest BCUT2D eigenvalue weighted by Crippen LogP contribution is -1.94. The van der Waals surface area contributed by atoms with Gasteiger partial charge in [-0.25, -0.2) is 17.7 Å². The van der Waals surface area contributed by atoms with Gasteiger partial charge in [-0.2, -0.15) is 0 Å². The Kier molecular flexibility index (Phi) is 2.55. The van der Waals surface area contributed by atoms with Crippen molar-refractivity contribution in [3.05, 3.63) is 35.4 Å². The predicted octanol–water partition coefficient (Wildman–Crippen LogP) is 2.30. The van der Waals surface area contributed by atoms with E-state index in [9.17, 15) is 12.8 Å². The molecular formula is C7H3ClFNO2S. The molecule has 1 aromatic rings. The molecule has 0 radical (unpaired) electrons. The maximum atomic E-state index is 12.9. The van der Waals surface area contributed by atoms with Gasteiger partial charge < -0.3 is 0 Å². The lowest BCUT2D eigenvalue weighted by Gasteiger charge is -1.97. The van der Waals surface area contributed by atoms with E-state index in [1.54, 1.807) is 0 Å². The minimum Gasteiger partial charge on any atom is -0.238 e. The lowest BCUT2D eigenvalue weighted by molar-refractivity contribution is 0.576. The Bertz CT molecular complexity index is 478. The Hall–Kier alpha value is -1.12. The summed E-state index contributed by atoms with van der Waals surface area (Å²) in [6.45, 7) is 6.54. The fourth-order valence-corrected chi connectivity index (χ4v) is 1.65. The summed E-state index contributed by atoms with van der Waals surface area (Å²) in [7, 11) is 0.850. The number of hydrogen-bond donors (Lipinski definition) is 0. The average Bonchev–Trinajstić information content (AvgIpc) is 2.01. The Balaban J connectivity index is 3.40. The zero-order valence-corrected chi connectivity index (χ0v) is 7.73. The van der Waals surface area contributed by atoms with E-state index in [1.165, 1.54) is 6.07 Å². The van der Waals surface area contributed by atoms with Gasteiger partial charge in [0.2, 0.25) is 0 Å². The van der Waals surface area contributed by atoms with Crippen molar-refractivity contribution in [3.63, 3.8) is 0 Å². The van der Waals surface area contributed by atoms with Gasteiger partial charge in [-0.1, -0.05) is 6.07 Å². The number of benzene rings is 1. The van der Waals surface area contributed by atoms with Crippen LogP contribution in [0.15, 0.2) is 23.1 Å². The average molecular weight is 220 g/mol. The molecule has 0 aliphatic heterocycles. The monoisotopic (exact) mass is 219 g/mol. The van der Waals surface area contributed by atoms with Crippen LogP contribution in [0, 0.1) is 12.4 Å². The first-order valence-corrected chi connectivity index (χ1v) is 5.38. The summed E-state index contributed by atoms with van der Waals surface area (Å²) in [5.74, 6) is -1.01. The molecular weight excluding hydrogens is 217 g/mol. The van der Waals surface area contributed by atoms with Crippen LogP contribution in [0.5, 0.6) is 0 Å². The first-order chi connectivity index (χ1) is 5.95. The Morgan fingerprint density at radius 3 is 2.46 bits per heavy atom. The molecule has 0 amide bonds. The molecule has 0 N–H and O–H groups in total. The Morgan fingerprint density at radius 2 is 2.08 bits per heavy atom. The second-order valence-electron chi connectivity index (χ2n) is 2.16. The van der Waals surface area contributed by atoms with Crippen LogP contribution in [-0.2, 0) is 9.05 Å². The molecule has 1 rings (SSSR count). The molecule has 68 valence electrons. The molecule has 0 heterocycles. The fraction of sp³-hybridized carbons (Fsp3) is 0. The van der Waals surface area contributed by atoms with Crippen molar-refractivity contribution in [2.24, 2.45) is 0 Å². The highest BCUT2D eigenvalue weighted by Gasteiger charge is 2.15. The van der Waals surface area contributed by atoms with Gasteiger partial charge in [-0.15, -0.1) is 0 Å². The van der Waals surface area contributed by atoms with E-state index in [0.717, 1.165) is 12.1 Å². The van der Waals surface area contributed by atoms with E-state index in [-0.39, 0.29) is 5.69 Å². The molecule has 0 saturated carbocycles. The van der Waals surface area contributed by atoms with Crippen molar-refractivity contribution in [1.82, 2.24) is 0 Å². The molecule has 0 unspecified atom stereocenters. The molecule has 0 fully saturated rings. The normalized spacial score (nSPS) is 10.8.